The van der Waals surface area contributed by atoms with Gasteiger partial charge in [-0.15, -0.1) is 11.8 Å². The summed E-state index contributed by atoms with van der Waals surface area (Å²) in [4.78, 5) is 0. The lowest BCUT2D eigenvalue weighted by Crippen LogP contribution is -2.24. The smallest absolute Gasteiger partial charge is 0.0243 e. The third-order valence-electron chi connectivity index (χ3n) is 3.48. The van der Waals surface area contributed by atoms with E-state index in [1.807, 2.05) is 6.92 Å². The third-order valence-corrected chi connectivity index (χ3v) is 3.48. The molecule has 3 unspecified atom stereocenters. The second-order valence-corrected chi connectivity index (χ2v) is 4.13. The highest BCUT2D eigenvalue weighted by molar-refractivity contribution is 5.09. The molecule has 0 bridgehead atoms. The summed E-state index contributed by atoms with van der Waals surface area (Å²) < 4.78 is 0. The largest absolute Gasteiger partial charge is 0.327 e. The van der Waals surface area contributed by atoms with Crippen molar-refractivity contribution >= 4 is 0 Å². The Bertz CT molecular complexity index is 213. The lowest BCUT2D eigenvalue weighted by atomic mass is 10.0. The molecule has 3 atom stereocenters. The Kier molecular flexibility index (Phi) is 2.11. The topological polar surface area (TPSA) is 26.0 Å². The molecule has 66 valence electrons. The maximum absolute atomic E-state index is 6.05. The Morgan fingerprint density at radius 2 is 2.08 bits per heavy atom. The van der Waals surface area contributed by atoms with Crippen LogP contribution in [0.25, 0.3) is 0 Å². The van der Waals surface area contributed by atoms with Crippen LogP contribution < -0.4 is 5.73 Å². The van der Waals surface area contributed by atoms with Gasteiger partial charge in [-0.05, 0) is 37.5 Å². The molecule has 0 aromatic heterocycles. The minimum Gasteiger partial charge on any atom is -0.327 e. The van der Waals surface area contributed by atoms with Crippen LogP contribution in [0.4, 0.5) is 0 Å². The van der Waals surface area contributed by atoms with Crippen LogP contribution in [0, 0.1) is 29.6 Å². The molecule has 2 fully saturated rings. The first-order valence-corrected chi connectivity index (χ1v) is 4.99. The predicted octanol–water partition coefficient (Wildman–Crippen LogP) is 1.77. The van der Waals surface area contributed by atoms with E-state index in [2.05, 4.69) is 11.8 Å². The number of fused-ring (bicyclic) bond motifs is 1. The van der Waals surface area contributed by atoms with Crippen molar-refractivity contribution in [3.05, 3.63) is 0 Å². The number of nitrogens with two attached hydrogens (primary N) is 1. The van der Waals surface area contributed by atoms with Crippen molar-refractivity contribution < 1.29 is 0 Å². The van der Waals surface area contributed by atoms with E-state index in [0.717, 1.165) is 24.2 Å². The van der Waals surface area contributed by atoms with Gasteiger partial charge in [-0.2, -0.15) is 0 Å². The minimum atomic E-state index is 0.368. The number of hydrogen-bond acceptors (Lipinski definition) is 1. The molecule has 2 aliphatic carbocycles. The van der Waals surface area contributed by atoms with Gasteiger partial charge in [0.05, 0.1) is 0 Å². The molecule has 0 spiro atoms. The summed E-state index contributed by atoms with van der Waals surface area (Å²) in [6, 6.07) is 0.368. The fraction of sp³-hybridized carbons (Fsp3) is 0.818. The zero-order valence-corrected chi connectivity index (χ0v) is 7.72. The molecular weight excluding hydrogens is 146 g/mol. The summed E-state index contributed by atoms with van der Waals surface area (Å²) in [5, 5.41) is 0. The van der Waals surface area contributed by atoms with Crippen LogP contribution in [0.3, 0.4) is 0 Å². The highest BCUT2D eigenvalue weighted by atomic mass is 14.7. The average Bonchev–Trinajstić information content (AvgIpc) is 2.56. The zero-order valence-electron chi connectivity index (χ0n) is 7.72. The van der Waals surface area contributed by atoms with Crippen LogP contribution in [-0.2, 0) is 0 Å². The van der Waals surface area contributed by atoms with Gasteiger partial charge in [-0.25, -0.2) is 0 Å². The third kappa shape index (κ3) is 1.25. The molecule has 0 aromatic carbocycles. The molecule has 2 N–H and O–H groups in total. The van der Waals surface area contributed by atoms with Crippen molar-refractivity contribution in [2.45, 2.75) is 38.6 Å². The highest BCUT2D eigenvalue weighted by Crippen LogP contribution is 2.58. The minimum absolute atomic E-state index is 0.368. The quantitative estimate of drug-likeness (QED) is 0.617. The van der Waals surface area contributed by atoms with E-state index in [0.29, 0.717) is 6.04 Å². The molecule has 0 saturated heterocycles. The van der Waals surface area contributed by atoms with Gasteiger partial charge in [-0.3, -0.25) is 0 Å². The second kappa shape index (κ2) is 3.11. The molecule has 0 aromatic rings. The molecule has 2 saturated carbocycles. The van der Waals surface area contributed by atoms with Crippen LogP contribution in [0.1, 0.15) is 32.6 Å². The van der Waals surface area contributed by atoms with Crippen molar-refractivity contribution in [3.63, 3.8) is 0 Å². The lowest BCUT2D eigenvalue weighted by Gasteiger charge is -2.09. The summed E-state index contributed by atoms with van der Waals surface area (Å²) in [5.74, 6) is 8.80. The molecule has 2 aliphatic rings. The normalized spacial score (nSPS) is 39.7. The average molecular weight is 163 g/mol. The van der Waals surface area contributed by atoms with Gasteiger partial charge in [-0.1, -0.05) is 6.42 Å². The lowest BCUT2D eigenvalue weighted by molar-refractivity contribution is 0.493. The maximum atomic E-state index is 6.05. The second-order valence-electron chi connectivity index (χ2n) is 4.13. The number of hydrogen-bond donors (Lipinski definition) is 1. The van der Waals surface area contributed by atoms with Gasteiger partial charge in [0.1, 0.15) is 0 Å². The highest BCUT2D eigenvalue weighted by Gasteiger charge is 2.54. The summed E-state index contributed by atoms with van der Waals surface area (Å²) in [5.41, 5.74) is 6.05. The van der Waals surface area contributed by atoms with Crippen LogP contribution in [-0.4, -0.2) is 6.04 Å². The van der Waals surface area contributed by atoms with Gasteiger partial charge < -0.3 is 5.73 Å². The van der Waals surface area contributed by atoms with Crippen LogP contribution >= 0.6 is 0 Å². The summed E-state index contributed by atoms with van der Waals surface area (Å²) in [6.45, 7) is 1.89. The first-order valence-electron chi connectivity index (χ1n) is 4.99. The molecular formula is C11H17N. The SMILES string of the molecule is CC#CCC(N)C1C2CCCC21. The van der Waals surface area contributed by atoms with E-state index < -0.39 is 0 Å². The monoisotopic (exact) mass is 163 g/mol. The fourth-order valence-electron chi connectivity index (χ4n) is 2.87. The predicted molar refractivity (Wildman–Crippen MR) is 50.4 cm³/mol. The van der Waals surface area contributed by atoms with E-state index in [4.69, 9.17) is 5.73 Å². The van der Waals surface area contributed by atoms with Gasteiger partial charge in [0.2, 0.25) is 0 Å². The summed E-state index contributed by atoms with van der Waals surface area (Å²) in [6.07, 6.45) is 5.22. The van der Waals surface area contributed by atoms with Crippen molar-refractivity contribution in [3.8, 4) is 11.8 Å². The fourth-order valence-corrected chi connectivity index (χ4v) is 2.87. The maximum Gasteiger partial charge on any atom is 0.0243 e. The summed E-state index contributed by atoms with van der Waals surface area (Å²) >= 11 is 0. The Hall–Kier alpha value is -0.480. The molecule has 0 heterocycles. The molecule has 0 amide bonds. The van der Waals surface area contributed by atoms with Crippen molar-refractivity contribution in [2.75, 3.05) is 0 Å². The van der Waals surface area contributed by atoms with Gasteiger partial charge in [0, 0.05) is 12.5 Å². The summed E-state index contributed by atoms with van der Waals surface area (Å²) in [7, 11) is 0. The molecule has 0 radical (unpaired) electrons. The Morgan fingerprint density at radius 3 is 2.67 bits per heavy atom. The van der Waals surface area contributed by atoms with Gasteiger partial charge in [0.15, 0.2) is 0 Å². The Morgan fingerprint density at radius 1 is 1.42 bits per heavy atom. The van der Waals surface area contributed by atoms with E-state index in [9.17, 15) is 0 Å². The van der Waals surface area contributed by atoms with E-state index >= 15 is 0 Å². The molecule has 1 heteroatoms. The number of rotatable bonds is 2. The van der Waals surface area contributed by atoms with E-state index in [1.54, 1.807) is 0 Å². The molecule has 1 nitrogen and oxygen atoms in total. The van der Waals surface area contributed by atoms with Gasteiger partial charge in [0.25, 0.3) is 0 Å². The van der Waals surface area contributed by atoms with Crippen LogP contribution in [0.5, 0.6) is 0 Å². The molecule has 12 heavy (non-hydrogen) atoms. The molecule has 0 aliphatic heterocycles. The standard InChI is InChI=1S/C11H17N/c1-2-3-7-10(12)11-8-5-4-6-9(8)11/h8-11H,4-7,12H2,1H3. The van der Waals surface area contributed by atoms with E-state index in [-0.39, 0.29) is 0 Å². The van der Waals surface area contributed by atoms with Crippen molar-refractivity contribution in [1.29, 1.82) is 0 Å². The van der Waals surface area contributed by atoms with Crippen molar-refractivity contribution in [2.24, 2.45) is 23.5 Å². The molecule has 2 rings (SSSR count). The first-order chi connectivity index (χ1) is 5.84. The Balaban J connectivity index is 1.82. The van der Waals surface area contributed by atoms with Crippen molar-refractivity contribution in [1.82, 2.24) is 0 Å². The van der Waals surface area contributed by atoms with Crippen LogP contribution in [0.2, 0.25) is 0 Å². The van der Waals surface area contributed by atoms with Crippen LogP contribution in [0.15, 0.2) is 0 Å². The van der Waals surface area contributed by atoms with Gasteiger partial charge >= 0.3 is 0 Å². The zero-order chi connectivity index (χ0) is 8.55. The first kappa shape index (κ1) is 8.13. The Labute approximate surface area is 74.7 Å². The van der Waals surface area contributed by atoms with E-state index in [1.165, 1.54) is 19.3 Å².